The highest BCUT2D eigenvalue weighted by molar-refractivity contribution is 5.85. The number of allylic oxidation sites excluding steroid dienone is 2. The van der Waals surface area contributed by atoms with Crippen molar-refractivity contribution in [1.82, 2.24) is 9.13 Å². The summed E-state index contributed by atoms with van der Waals surface area (Å²) in [6, 6.07) is 18.9. The smallest absolute Gasteiger partial charge is 0.150 e. The van der Waals surface area contributed by atoms with E-state index in [1.165, 1.54) is 0 Å². The van der Waals surface area contributed by atoms with Crippen LogP contribution in [-0.2, 0) is 4.79 Å². The molecule has 4 nitrogen and oxygen atoms in total. The van der Waals surface area contributed by atoms with E-state index < -0.39 is 6.04 Å². The molecule has 2 heterocycles. The molecule has 0 aliphatic carbocycles. The molecule has 0 fully saturated rings. The monoisotopic (exact) mass is 330 g/mol. The van der Waals surface area contributed by atoms with Gasteiger partial charge in [0.15, 0.2) is 6.29 Å². The topological polar surface area (TPSA) is 47.2 Å². The van der Waals surface area contributed by atoms with Gasteiger partial charge < -0.3 is 19.0 Å². The second-order valence-electron chi connectivity index (χ2n) is 6.08. The maximum Gasteiger partial charge on any atom is 0.150 e. The van der Waals surface area contributed by atoms with Gasteiger partial charge in [-0.2, -0.15) is 0 Å². The number of hydrogen-bond donors (Lipinski definition) is 1. The van der Waals surface area contributed by atoms with E-state index in [4.69, 9.17) is 0 Å². The van der Waals surface area contributed by atoms with Crippen molar-refractivity contribution >= 4 is 33.8 Å². The molecule has 0 saturated heterocycles. The third-order valence-electron chi connectivity index (χ3n) is 4.67. The first-order valence-corrected chi connectivity index (χ1v) is 8.18. The molecular formula is C21H18N2O2. The highest BCUT2D eigenvalue weighted by Gasteiger charge is 2.20. The Morgan fingerprint density at radius 3 is 2.24 bits per heavy atom. The lowest BCUT2D eigenvalue weighted by Gasteiger charge is -2.17. The van der Waals surface area contributed by atoms with E-state index in [2.05, 4.69) is 0 Å². The number of para-hydroxylation sites is 2. The molecule has 0 aliphatic heterocycles. The van der Waals surface area contributed by atoms with Crippen molar-refractivity contribution in [2.45, 2.75) is 13.0 Å². The molecule has 124 valence electrons. The van der Waals surface area contributed by atoms with Crippen LogP contribution in [0.25, 0.3) is 27.5 Å². The molecule has 0 spiro atoms. The molecule has 0 bridgehead atoms. The summed E-state index contributed by atoms with van der Waals surface area (Å²) in [7, 11) is 0. The fraction of sp³-hybridized carbons (Fsp3) is 0.0952. The zero-order valence-corrected chi connectivity index (χ0v) is 13.8. The number of carbonyl (C=O) groups is 1. The summed E-state index contributed by atoms with van der Waals surface area (Å²) in [6.07, 6.45) is 4.52. The number of aldehydes is 1. The van der Waals surface area contributed by atoms with E-state index in [9.17, 15) is 9.90 Å². The summed E-state index contributed by atoms with van der Waals surface area (Å²) in [5.41, 5.74) is 2.54. The number of rotatable bonds is 4. The van der Waals surface area contributed by atoms with Gasteiger partial charge in [-0.1, -0.05) is 36.4 Å². The molecule has 4 rings (SSSR count). The van der Waals surface area contributed by atoms with Gasteiger partial charge in [0.1, 0.15) is 11.8 Å². The van der Waals surface area contributed by atoms with Crippen LogP contribution in [0.5, 0.6) is 0 Å². The fourth-order valence-corrected chi connectivity index (χ4v) is 3.32. The molecule has 1 unspecified atom stereocenters. The van der Waals surface area contributed by atoms with Gasteiger partial charge >= 0.3 is 0 Å². The first kappa shape index (κ1) is 15.3. The Balaban J connectivity index is 1.85. The highest BCUT2D eigenvalue weighted by atomic mass is 16.3. The van der Waals surface area contributed by atoms with Crippen molar-refractivity contribution in [1.29, 1.82) is 0 Å². The zero-order chi connectivity index (χ0) is 17.4. The minimum absolute atomic E-state index is 0.0395. The second kappa shape index (κ2) is 5.98. The number of aromatic nitrogens is 2. The van der Waals surface area contributed by atoms with Crippen molar-refractivity contribution in [2.75, 3.05) is 0 Å². The Bertz CT molecular complexity index is 1100. The minimum atomic E-state index is -0.763. The van der Waals surface area contributed by atoms with Crippen LogP contribution < -0.4 is 0 Å². The maximum absolute atomic E-state index is 11.8. The molecule has 4 aromatic rings. The van der Waals surface area contributed by atoms with Crippen molar-refractivity contribution in [3.05, 3.63) is 78.8 Å². The molecule has 0 amide bonds. The number of hydrogen-bond acceptors (Lipinski definition) is 2. The van der Waals surface area contributed by atoms with Gasteiger partial charge in [-0.15, -0.1) is 0 Å². The normalized spacial score (nSPS) is 13.8. The van der Waals surface area contributed by atoms with Crippen LogP contribution in [0.3, 0.4) is 0 Å². The summed E-state index contributed by atoms with van der Waals surface area (Å²) in [6.45, 7) is 1.82. The van der Waals surface area contributed by atoms with Crippen molar-refractivity contribution in [2.24, 2.45) is 0 Å². The van der Waals surface area contributed by atoms with Crippen LogP contribution in [0.4, 0.5) is 0 Å². The van der Waals surface area contributed by atoms with Crippen LogP contribution in [0.2, 0.25) is 0 Å². The van der Waals surface area contributed by atoms with Crippen molar-refractivity contribution in [3.63, 3.8) is 0 Å². The number of aliphatic hydroxyl groups is 1. The Morgan fingerprint density at radius 2 is 1.52 bits per heavy atom. The van der Waals surface area contributed by atoms with Gasteiger partial charge in [0.25, 0.3) is 0 Å². The summed E-state index contributed by atoms with van der Waals surface area (Å²) in [5, 5.41) is 13.0. The average Bonchev–Trinajstić information content (AvgIpc) is 3.26. The van der Waals surface area contributed by atoms with Gasteiger partial charge in [0, 0.05) is 17.9 Å². The largest absolute Gasteiger partial charge is 0.508 e. The summed E-state index contributed by atoms with van der Waals surface area (Å²) in [5.74, 6) is 0.0395. The molecule has 0 saturated carbocycles. The summed E-state index contributed by atoms with van der Waals surface area (Å²) in [4.78, 5) is 11.8. The highest BCUT2D eigenvalue weighted by Crippen LogP contribution is 2.27. The van der Waals surface area contributed by atoms with Crippen LogP contribution in [-0.4, -0.2) is 20.5 Å². The third-order valence-corrected chi connectivity index (χ3v) is 4.67. The number of fused-ring (bicyclic) bond motifs is 2. The van der Waals surface area contributed by atoms with E-state index in [1.807, 2.05) is 84.5 Å². The van der Waals surface area contributed by atoms with Crippen molar-refractivity contribution in [3.8, 4) is 0 Å². The SMILES string of the molecule is C/C(=C(/O)C(C=O)n1ccc2ccccc21)n1ccc2ccccc21. The molecule has 0 radical (unpaired) electrons. The second-order valence-corrected chi connectivity index (χ2v) is 6.08. The van der Waals surface area contributed by atoms with E-state index in [0.29, 0.717) is 5.70 Å². The van der Waals surface area contributed by atoms with E-state index in [-0.39, 0.29) is 5.76 Å². The number of aliphatic hydroxyl groups excluding tert-OH is 1. The lowest BCUT2D eigenvalue weighted by atomic mass is 10.2. The van der Waals surface area contributed by atoms with Gasteiger partial charge in [-0.25, -0.2) is 0 Å². The lowest BCUT2D eigenvalue weighted by molar-refractivity contribution is -0.110. The molecule has 1 N–H and O–H groups in total. The standard InChI is InChI=1S/C21H18N2O2/c1-15(22-12-10-16-6-2-4-8-18(16)22)21(25)20(14-24)23-13-11-17-7-3-5-9-19(17)23/h2-14,20,25H,1H3/b21-15-. The molecule has 2 aromatic heterocycles. The fourth-order valence-electron chi connectivity index (χ4n) is 3.32. The molecule has 25 heavy (non-hydrogen) atoms. The number of benzene rings is 2. The molecule has 2 aromatic carbocycles. The Labute approximate surface area is 145 Å². The Kier molecular flexibility index (Phi) is 3.65. The lowest BCUT2D eigenvalue weighted by Crippen LogP contribution is -2.14. The molecular weight excluding hydrogens is 312 g/mol. The van der Waals surface area contributed by atoms with Gasteiger partial charge in [0.05, 0.1) is 11.2 Å². The zero-order valence-electron chi connectivity index (χ0n) is 13.8. The quantitative estimate of drug-likeness (QED) is 0.432. The van der Waals surface area contributed by atoms with Crippen LogP contribution >= 0.6 is 0 Å². The van der Waals surface area contributed by atoms with E-state index in [0.717, 1.165) is 28.1 Å². The number of nitrogens with zero attached hydrogens (tertiary/aromatic N) is 2. The minimum Gasteiger partial charge on any atom is -0.508 e. The van der Waals surface area contributed by atoms with Crippen LogP contribution in [0, 0.1) is 0 Å². The van der Waals surface area contributed by atoms with Gasteiger partial charge in [-0.05, 0) is 42.0 Å². The maximum atomic E-state index is 11.8. The predicted octanol–water partition coefficient (Wildman–Crippen LogP) is 4.78. The average molecular weight is 330 g/mol. The first-order valence-electron chi connectivity index (χ1n) is 8.18. The number of carbonyl (C=O) groups excluding carboxylic acids is 1. The van der Waals surface area contributed by atoms with Gasteiger partial charge in [-0.3, -0.25) is 0 Å². The Hall–Kier alpha value is -3.27. The summed E-state index contributed by atoms with van der Waals surface area (Å²) >= 11 is 0. The van der Waals surface area contributed by atoms with Crippen LogP contribution in [0.15, 0.2) is 78.8 Å². The predicted molar refractivity (Wildman–Crippen MR) is 100 cm³/mol. The van der Waals surface area contributed by atoms with E-state index >= 15 is 0 Å². The first-order chi connectivity index (χ1) is 12.2. The summed E-state index contributed by atoms with van der Waals surface area (Å²) < 4.78 is 3.71. The Morgan fingerprint density at radius 1 is 0.920 bits per heavy atom. The van der Waals surface area contributed by atoms with E-state index in [1.54, 1.807) is 4.57 Å². The van der Waals surface area contributed by atoms with Crippen LogP contribution in [0.1, 0.15) is 13.0 Å². The molecule has 4 heteroatoms. The van der Waals surface area contributed by atoms with Gasteiger partial charge in [0.2, 0.25) is 0 Å². The molecule has 0 aliphatic rings. The third kappa shape index (κ3) is 2.43. The molecule has 1 atom stereocenters. The van der Waals surface area contributed by atoms with Crippen molar-refractivity contribution < 1.29 is 9.90 Å².